The Morgan fingerprint density at radius 2 is 1.82 bits per heavy atom. The monoisotopic (exact) mass is 454 g/mol. The summed E-state index contributed by atoms with van der Waals surface area (Å²) in [6.45, 7) is 1.40. The fraction of sp³-hybridized carbons (Fsp3) is 0.522. The maximum atomic E-state index is 13.3. The molecule has 4 N–H and O–H groups in total. The summed E-state index contributed by atoms with van der Waals surface area (Å²) in [5, 5.41) is 6.10. The summed E-state index contributed by atoms with van der Waals surface area (Å²) in [6.07, 6.45) is 5.17. The Bertz CT molecular complexity index is 1080. The lowest BCUT2D eigenvalue weighted by Crippen LogP contribution is -2.64. The zero-order valence-corrected chi connectivity index (χ0v) is 18.4. The molecule has 1 aromatic heterocycles. The summed E-state index contributed by atoms with van der Waals surface area (Å²) >= 11 is 0. The van der Waals surface area contributed by atoms with Crippen molar-refractivity contribution in [3.05, 3.63) is 35.9 Å². The highest BCUT2D eigenvalue weighted by molar-refractivity contribution is 5.79. The number of carbonyl (C=O) groups excluding carboxylic acids is 2. The molecule has 6 rings (SSSR count). The van der Waals surface area contributed by atoms with Gasteiger partial charge in [-0.2, -0.15) is 15.0 Å². The number of ether oxygens (including phenoxy) is 1. The Morgan fingerprint density at radius 3 is 2.48 bits per heavy atom. The molecule has 1 amide bonds. The lowest BCUT2D eigenvalue weighted by Gasteiger charge is -2.60. The van der Waals surface area contributed by atoms with E-state index in [2.05, 4.69) is 25.6 Å². The molecule has 0 saturated heterocycles. The SMILES string of the molecule is CC(=O)NC12C[C@H]3C[C@@H](C1)CC(C(=O)OCc1nc(N)nc(Nc4ccc(F)cc4)n1)(C3)C2. The molecule has 174 valence electrons. The Hall–Kier alpha value is -3.30. The predicted octanol–water partition coefficient (Wildman–Crippen LogP) is 2.85. The van der Waals surface area contributed by atoms with E-state index >= 15 is 0 Å². The van der Waals surface area contributed by atoms with E-state index in [1.165, 1.54) is 19.1 Å². The van der Waals surface area contributed by atoms with Crippen LogP contribution in [-0.4, -0.2) is 32.4 Å². The van der Waals surface area contributed by atoms with Gasteiger partial charge in [0, 0.05) is 18.2 Å². The average Bonchev–Trinajstić information content (AvgIpc) is 2.71. The normalized spacial score (nSPS) is 29.5. The molecule has 4 atom stereocenters. The van der Waals surface area contributed by atoms with E-state index in [1.54, 1.807) is 12.1 Å². The van der Waals surface area contributed by atoms with E-state index in [-0.39, 0.29) is 47.6 Å². The third-order valence-electron chi connectivity index (χ3n) is 7.07. The predicted molar refractivity (Wildman–Crippen MR) is 117 cm³/mol. The van der Waals surface area contributed by atoms with Gasteiger partial charge in [0.25, 0.3) is 0 Å². The van der Waals surface area contributed by atoms with Crippen LogP contribution < -0.4 is 16.4 Å². The molecule has 4 fully saturated rings. The van der Waals surface area contributed by atoms with Crippen LogP contribution in [0, 0.1) is 23.1 Å². The molecule has 33 heavy (non-hydrogen) atoms. The fourth-order valence-electron chi connectivity index (χ4n) is 6.52. The van der Waals surface area contributed by atoms with Crippen molar-refractivity contribution in [3.8, 4) is 0 Å². The van der Waals surface area contributed by atoms with E-state index in [0.29, 0.717) is 23.9 Å². The van der Waals surface area contributed by atoms with Gasteiger partial charge in [0.05, 0.1) is 5.41 Å². The van der Waals surface area contributed by atoms with Crippen LogP contribution in [0.3, 0.4) is 0 Å². The van der Waals surface area contributed by atoms with Crippen molar-refractivity contribution in [2.24, 2.45) is 17.3 Å². The van der Waals surface area contributed by atoms with Crippen LogP contribution in [0.25, 0.3) is 0 Å². The van der Waals surface area contributed by atoms with Crippen molar-refractivity contribution in [2.75, 3.05) is 11.1 Å². The van der Waals surface area contributed by atoms with Crippen LogP contribution in [0.4, 0.5) is 22.0 Å². The molecule has 2 aromatic rings. The van der Waals surface area contributed by atoms with Crippen LogP contribution in [0.2, 0.25) is 0 Å². The topological polar surface area (TPSA) is 132 Å². The highest BCUT2D eigenvalue weighted by Crippen LogP contribution is 2.62. The summed E-state index contributed by atoms with van der Waals surface area (Å²) < 4.78 is 18.8. The minimum Gasteiger partial charge on any atom is -0.457 e. The number of nitrogens with one attached hydrogen (secondary N) is 2. The molecule has 1 aromatic carbocycles. The number of amides is 1. The van der Waals surface area contributed by atoms with Gasteiger partial charge < -0.3 is 21.1 Å². The van der Waals surface area contributed by atoms with Gasteiger partial charge in [0.1, 0.15) is 5.82 Å². The van der Waals surface area contributed by atoms with Gasteiger partial charge in [-0.05, 0) is 74.6 Å². The minimum absolute atomic E-state index is 0.0138. The molecular weight excluding hydrogens is 427 g/mol. The van der Waals surface area contributed by atoms with Crippen LogP contribution in [0.5, 0.6) is 0 Å². The number of esters is 1. The number of hydrogen-bond acceptors (Lipinski definition) is 8. The van der Waals surface area contributed by atoms with Crippen LogP contribution in [0.1, 0.15) is 51.3 Å². The maximum absolute atomic E-state index is 13.3. The van der Waals surface area contributed by atoms with Crippen LogP contribution in [-0.2, 0) is 20.9 Å². The summed E-state index contributed by atoms with van der Waals surface area (Å²) in [7, 11) is 0. The number of aromatic nitrogens is 3. The van der Waals surface area contributed by atoms with Crippen molar-refractivity contribution in [1.82, 2.24) is 20.3 Å². The Kier molecular flexibility index (Phi) is 5.18. The lowest BCUT2D eigenvalue weighted by atomic mass is 9.47. The molecule has 9 nitrogen and oxygen atoms in total. The van der Waals surface area contributed by atoms with Gasteiger partial charge in [0.2, 0.25) is 17.8 Å². The molecule has 4 bridgehead atoms. The van der Waals surface area contributed by atoms with E-state index < -0.39 is 5.41 Å². The quantitative estimate of drug-likeness (QED) is 0.568. The summed E-state index contributed by atoms with van der Waals surface area (Å²) in [5.74, 6) is 0.560. The first-order chi connectivity index (χ1) is 15.7. The van der Waals surface area contributed by atoms with Gasteiger partial charge in [-0.25, -0.2) is 4.39 Å². The van der Waals surface area contributed by atoms with Gasteiger partial charge in [0.15, 0.2) is 12.4 Å². The smallest absolute Gasteiger partial charge is 0.312 e. The average molecular weight is 455 g/mol. The molecule has 0 radical (unpaired) electrons. The van der Waals surface area contributed by atoms with E-state index in [0.717, 1.165) is 32.1 Å². The third kappa shape index (κ3) is 4.34. The third-order valence-corrected chi connectivity index (χ3v) is 7.07. The van der Waals surface area contributed by atoms with Gasteiger partial charge >= 0.3 is 5.97 Å². The molecule has 4 aliphatic carbocycles. The molecule has 0 spiro atoms. The fourth-order valence-corrected chi connectivity index (χ4v) is 6.52. The van der Waals surface area contributed by atoms with E-state index in [9.17, 15) is 14.0 Å². The number of hydrogen-bond donors (Lipinski definition) is 3. The van der Waals surface area contributed by atoms with Gasteiger partial charge in [-0.1, -0.05) is 0 Å². The largest absolute Gasteiger partial charge is 0.457 e. The second kappa shape index (κ2) is 7.93. The minimum atomic E-state index is -0.583. The van der Waals surface area contributed by atoms with E-state index in [4.69, 9.17) is 10.5 Å². The van der Waals surface area contributed by atoms with Crippen molar-refractivity contribution in [2.45, 2.75) is 57.6 Å². The molecular formula is C23H27FN6O3. The number of carbonyl (C=O) groups is 2. The molecule has 10 heteroatoms. The first-order valence-corrected chi connectivity index (χ1v) is 11.2. The van der Waals surface area contributed by atoms with Crippen molar-refractivity contribution in [1.29, 1.82) is 0 Å². The highest BCUT2D eigenvalue weighted by Gasteiger charge is 2.61. The van der Waals surface area contributed by atoms with Crippen molar-refractivity contribution < 1.29 is 18.7 Å². The zero-order valence-electron chi connectivity index (χ0n) is 18.4. The first-order valence-electron chi connectivity index (χ1n) is 11.2. The Balaban J connectivity index is 1.29. The highest BCUT2D eigenvalue weighted by atomic mass is 19.1. The molecule has 4 aliphatic rings. The summed E-state index contributed by atoms with van der Waals surface area (Å²) in [4.78, 5) is 37.5. The van der Waals surface area contributed by atoms with Crippen LogP contribution >= 0.6 is 0 Å². The van der Waals surface area contributed by atoms with Crippen LogP contribution in [0.15, 0.2) is 24.3 Å². The molecule has 2 unspecified atom stereocenters. The maximum Gasteiger partial charge on any atom is 0.312 e. The molecule has 4 saturated carbocycles. The standard InChI is InChI=1S/C23H27FN6O3/c1-13(31)30-23-9-14-6-15(10-23)8-22(7-14,12-23)19(32)33-11-18-27-20(25)29-21(28-18)26-17-4-2-16(24)3-5-17/h2-5,14-15H,6-12H2,1H3,(H,30,31)(H3,25,26,27,28,29)/t14-,15+,22?,23?. The van der Waals surface area contributed by atoms with Gasteiger partial charge in [-0.15, -0.1) is 0 Å². The number of nitrogens with two attached hydrogens (primary N) is 1. The number of halogens is 1. The van der Waals surface area contributed by atoms with Crippen molar-refractivity contribution in [3.63, 3.8) is 0 Å². The number of nitrogen functional groups attached to an aromatic ring is 1. The van der Waals surface area contributed by atoms with E-state index in [1.807, 2.05) is 0 Å². The second-order valence-corrected chi connectivity index (χ2v) is 9.84. The van der Waals surface area contributed by atoms with Gasteiger partial charge in [-0.3, -0.25) is 9.59 Å². The number of anilines is 3. The summed E-state index contributed by atoms with van der Waals surface area (Å²) in [6, 6.07) is 5.73. The van der Waals surface area contributed by atoms with Crippen molar-refractivity contribution >= 4 is 29.5 Å². The number of rotatable bonds is 6. The lowest BCUT2D eigenvalue weighted by molar-refractivity contribution is -0.177. The molecule has 1 heterocycles. The zero-order chi connectivity index (χ0) is 23.2. The Morgan fingerprint density at radius 1 is 1.12 bits per heavy atom. The first kappa shape index (κ1) is 21.5. The number of nitrogens with zero attached hydrogens (tertiary/aromatic N) is 3. The Labute approximate surface area is 190 Å². The second-order valence-electron chi connectivity index (χ2n) is 9.84. The molecule has 0 aliphatic heterocycles. The summed E-state index contributed by atoms with van der Waals surface area (Å²) in [5.41, 5.74) is 5.51. The number of benzene rings is 1.